The smallest absolute Gasteiger partial charge is 0.385 e. The predicted octanol–water partition coefficient (Wildman–Crippen LogP) is 3.63. The molecule has 1 N–H and O–H groups in total. The Hall–Kier alpha value is -1.23. The van der Waals surface area contributed by atoms with E-state index in [1.54, 1.807) is 7.11 Å². The average Bonchev–Trinajstić information content (AvgIpc) is 2.32. The van der Waals surface area contributed by atoms with Crippen LogP contribution in [0.5, 0.6) is 0 Å². The lowest BCUT2D eigenvalue weighted by Gasteiger charge is -2.12. The molecular formula is C13H18F3NO. The molecule has 0 saturated heterocycles. The second kappa shape index (κ2) is 7.26. The number of alkyl halides is 3. The zero-order chi connectivity index (χ0) is 13.4. The summed E-state index contributed by atoms with van der Waals surface area (Å²) in [6.45, 7) is 0.921. The largest absolute Gasteiger partial charge is 0.389 e. The molecule has 0 atom stereocenters. The van der Waals surface area contributed by atoms with Gasteiger partial charge in [-0.05, 0) is 24.5 Å². The SMILES string of the molecule is COCCc1ccccc1NCCCC(F)(F)F. The predicted molar refractivity (Wildman–Crippen MR) is 65.8 cm³/mol. The van der Waals surface area contributed by atoms with E-state index in [1.807, 2.05) is 24.3 Å². The van der Waals surface area contributed by atoms with Crippen LogP contribution in [-0.2, 0) is 11.2 Å². The molecule has 0 aliphatic heterocycles. The number of hydrogen-bond acceptors (Lipinski definition) is 2. The van der Waals surface area contributed by atoms with Gasteiger partial charge in [-0.1, -0.05) is 18.2 Å². The van der Waals surface area contributed by atoms with E-state index >= 15 is 0 Å². The first kappa shape index (κ1) is 14.8. The van der Waals surface area contributed by atoms with Gasteiger partial charge in [0.05, 0.1) is 6.61 Å². The van der Waals surface area contributed by atoms with E-state index in [0.717, 1.165) is 17.7 Å². The summed E-state index contributed by atoms with van der Waals surface area (Å²) in [5.74, 6) is 0. The average molecular weight is 261 g/mol. The number of rotatable bonds is 7. The minimum atomic E-state index is -4.07. The van der Waals surface area contributed by atoms with Crippen LogP contribution in [-0.4, -0.2) is 26.4 Å². The van der Waals surface area contributed by atoms with E-state index in [0.29, 0.717) is 13.2 Å². The van der Waals surface area contributed by atoms with Crippen LogP contribution >= 0.6 is 0 Å². The molecule has 0 aliphatic carbocycles. The van der Waals surface area contributed by atoms with Gasteiger partial charge in [0.25, 0.3) is 0 Å². The lowest BCUT2D eigenvalue weighted by Crippen LogP contribution is -2.11. The van der Waals surface area contributed by atoms with Crippen LogP contribution in [0.15, 0.2) is 24.3 Å². The molecule has 0 bridgehead atoms. The molecular weight excluding hydrogens is 243 g/mol. The third-order valence-corrected chi connectivity index (χ3v) is 2.55. The molecule has 0 fully saturated rings. The monoisotopic (exact) mass is 261 g/mol. The Balaban J connectivity index is 2.41. The molecule has 0 unspecified atom stereocenters. The van der Waals surface area contributed by atoms with Crippen LogP contribution < -0.4 is 5.32 Å². The van der Waals surface area contributed by atoms with Crippen molar-refractivity contribution in [3.8, 4) is 0 Å². The number of nitrogens with one attached hydrogen (secondary N) is 1. The van der Waals surface area contributed by atoms with Crippen molar-refractivity contribution >= 4 is 5.69 Å². The van der Waals surface area contributed by atoms with Gasteiger partial charge in [-0.15, -0.1) is 0 Å². The van der Waals surface area contributed by atoms with E-state index in [-0.39, 0.29) is 6.42 Å². The van der Waals surface area contributed by atoms with Crippen molar-refractivity contribution in [3.63, 3.8) is 0 Å². The molecule has 1 rings (SSSR count). The standard InChI is InChI=1S/C13H18F3NO/c1-18-10-7-11-5-2-3-6-12(11)17-9-4-8-13(14,15)16/h2-3,5-6,17H,4,7-10H2,1H3. The summed E-state index contributed by atoms with van der Waals surface area (Å²) in [7, 11) is 1.62. The highest BCUT2D eigenvalue weighted by molar-refractivity contribution is 5.51. The van der Waals surface area contributed by atoms with Crippen molar-refractivity contribution in [2.45, 2.75) is 25.4 Å². The van der Waals surface area contributed by atoms with Crippen molar-refractivity contribution in [1.29, 1.82) is 0 Å². The van der Waals surface area contributed by atoms with E-state index in [4.69, 9.17) is 4.74 Å². The van der Waals surface area contributed by atoms with Crippen molar-refractivity contribution in [2.75, 3.05) is 25.6 Å². The lowest BCUT2D eigenvalue weighted by atomic mass is 10.1. The molecule has 5 heteroatoms. The number of ether oxygens (including phenoxy) is 1. The molecule has 1 aromatic carbocycles. The second-order valence-corrected chi connectivity index (χ2v) is 4.05. The molecule has 0 heterocycles. The van der Waals surface area contributed by atoms with Crippen molar-refractivity contribution in [1.82, 2.24) is 0 Å². The molecule has 0 aliphatic rings. The Kier molecular flexibility index (Phi) is 5.98. The molecule has 102 valence electrons. The first-order valence-corrected chi connectivity index (χ1v) is 5.90. The van der Waals surface area contributed by atoms with Gasteiger partial charge >= 0.3 is 6.18 Å². The zero-order valence-corrected chi connectivity index (χ0v) is 10.4. The van der Waals surface area contributed by atoms with Crippen LogP contribution in [0.3, 0.4) is 0 Å². The van der Waals surface area contributed by atoms with Gasteiger partial charge in [-0.2, -0.15) is 13.2 Å². The summed E-state index contributed by atoms with van der Waals surface area (Å²) in [5.41, 5.74) is 1.95. The number of halogens is 3. The Morgan fingerprint density at radius 2 is 1.94 bits per heavy atom. The lowest BCUT2D eigenvalue weighted by molar-refractivity contribution is -0.134. The van der Waals surface area contributed by atoms with Gasteiger partial charge in [-0.25, -0.2) is 0 Å². The third-order valence-electron chi connectivity index (χ3n) is 2.55. The van der Waals surface area contributed by atoms with E-state index in [9.17, 15) is 13.2 Å². The van der Waals surface area contributed by atoms with Gasteiger partial charge in [-0.3, -0.25) is 0 Å². The van der Waals surface area contributed by atoms with Crippen molar-refractivity contribution in [2.24, 2.45) is 0 Å². The molecule has 0 radical (unpaired) electrons. The van der Waals surface area contributed by atoms with Crippen molar-refractivity contribution in [3.05, 3.63) is 29.8 Å². The summed E-state index contributed by atoms with van der Waals surface area (Å²) in [6, 6.07) is 7.60. The summed E-state index contributed by atoms with van der Waals surface area (Å²) in [4.78, 5) is 0. The summed E-state index contributed by atoms with van der Waals surface area (Å²) >= 11 is 0. The van der Waals surface area contributed by atoms with Crippen LogP contribution in [0.4, 0.5) is 18.9 Å². The molecule has 0 saturated carbocycles. The molecule has 0 aromatic heterocycles. The van der Waals surface area contributed by atoms with E-state index in [2.05, 4.69) is 5.32 Å². The van der Waals surface area contributed by atoms with E-state index in [1.165, 1.54) is 0 Å². The Morgan fingerprint density at radius 3 is 2.61 bits per heavy atom. The van der Waals surface area contributed by atoms with Crippen LogP contribution in [0.25, 0.3) is 0 Å². The molecule has 2 nitrogen and oxygen atoms in total. The van der Waals surface area contributed by atoms with Gasteiger partial charge in [0.2, 0.25) is 0 Å². The number of methoxy groups -OCH3 is 1. The highest BCUT2D eigenvalue weighted by Gasteiger charge is 2.25. The molecule has 1 aromatic rings. The highest BCUT2D eigenvalue weighted by Crippen LogP contribution is 2.22. The van der Waals surface area contributed by atoms with Crippen LogP contribution in [0.1, 0.15) is 18.4 Å². The van der Waals surface area contributed by atoms with Gasteiger partial charge in [0.15, 0.2) is 0 Å². The van der Waals surface area contributed by atoms with Crippen molar-refractivity contribution < 1.29 is 17.9 Å². The quantitative estimate of drug-likeness (QED) is 0.757. The van der Waals surface area contributed by atoms with Crippen LogP contribution in [0, 0.1) is 0 Å². The normalized spacial score (nSPS) is 11.6. The fraction of sp³-hybridized carbons (Fsp3) is 0.538. The molecule has 18 heavy (non-hydrogen) atoms. The topological polar surface area (TPSA) is 21.3 Å². The Labute approximate surface area is 105 Å². The number of hydrogen-bond donors (Lipinski definition) is 1. The maximum Gasteiger partial charge on any atom is 0.389 e. The number of anilines is 1. The fourth-order valence-electron chi connectivity index (χ4n) is 1.63. The summed E-state index contributed by atoms with van der Waals surface area (Å²) in [6.07, 6.45) is -3.99. The molecule has 0 spiro atoms. The Morgan fingerprint density at radius 1 is 1.22 bits per heavy atom. The van der Waals surface area contributed by atoms with Gasteiger partial charge in [0.1, 0.15) is 0 Å². The first-order valence-electron chi connectivity index (χ1n) is 5.90. The summed E-state index contributed by atoms with van der Waals surface area (Å²) < 4.78 is 40.9. The minimum absolute atomic E-state index is 0.0854. The maximum absolute atomic E-state index is 12.0. The zero-order valence-electron chi connectivity index (χ0n) is 10.4. The Bertz CT molecular complexity index is 352. The third kappa shape index (κ3) is 5.91. The van der Waals surface area contributed by atoms with Gasteiger partial charge < -0.3 is 10.1 Å². The molecule has 0 amide bonds. The number of benzene rings is 1. The minimum Gasteiger partial charge on any atom is -0.385 e. The van der Waals surface area contributed by atoms with Crippen LogP contribution in [0.2, 0.25) is 0 Å². The maximum atomic E-state index is 12.0. The first-order chi connectivity index (χ1) is 8.53. The highest BCUT2D eigenvalue weighted by atomic mass is 19.4. The summed E-state index contributed by atoms with van der Waals surface area (Å²) in [5, 5.41) is 3.04. The van der Waals surface area contributed by atoms with Gasteiger partial charge in [0, 0.05) is 25.8 Å². The second-order valence-electron chi connectivity index (χ2n) is 4.05. The van der Waals surface area contributed by atoms with E-state index < -0.39 is 12.6 Å². The fourth-order valence-corrected chi connectivity index (χ4v) is 1.63. The number of para-hydroxylation sites is 1.